The first kappa shape index (κ1) is 9.04. The summed E-state index contributed by atoms with van der Waals surface area (Å²) >= 11 is 0. The number of fused-ring (bicyclic) bond motifs is 1. The zero-order valence-electron chi connectivity index (χ0n) is 8.04. The number of carboxylic acids is 1. The Morgan fingerprint density at radius 1 is 1.00 bits per heavy atom. The van der Waals surface area contributed by atoms with Gasteiger partial charge in [0.15, 0.2) is 0 Å². The van der Waals surface area contributed by atoms with E-state index in [1.54, 1.807) is 0 Å². The lowest BCUT2D eigenvalue weighted by Gasteiger charge is -2.37. The van der Waals surface area contributed by atoms with Gasteiger partial charge >= 0.3 is 5.97 Å². The van der Waals surface area contributed by atoms with Crippen molar-refractivity contribution in [2.24, 2.45) is 17.8 Å². The van der Waals surface area contributed by atoms with Crippen molar-refractivity contribution in [3.05, 3.63) is 0 Å². The molecule has 0 aromatic rings. The van der Waals surface area contributed by atoms with Crippen LogP contribution in [-0.4, -0.2) is 11.1 Å². The van der Waals surface area contributed by atoms with Gasteiger partial charge in [-0.25, -0.2) is 0 Å². The predicted octanol–water partition coefficient (Wildman–Crippen LogP) is 2.68. The van der Waals surface area contributed by atoms with Crippen molar-refractivity contribution in [1.29, 1.82) is 0 Å². The highest BCUT2D eigenvalue weighted by Gasteiger charge is 2.34. The van der Waals surface area contributed by atoms with Crippen LogP contribution in [0.4, 0.5) is 0 Å². The van der Waals surface area contributed by atoms with Gasteiger partial charge < -0.3 is 5.11 Å². The van der Waals surface area contributed by atoms with Gasteiger partial charge in [0.25, 0.3) is 0 Å². The monoisotopic (exact) mass is 182 g/mol. The second kappa shape index (κ2) is 3.69. The molecule has 0 spiro atoms. The molecule has 2 aliphatic rings. The van der Waals surface area contributed by atoms with Gasteiger partial charge in [0.05, 0.1) is 5.92 Å². The number of hydrogen-bond acceptors (Lipinski definition) is 1. The van der Waals surface area contributed by atoms with Crippen molar-refractivity contribution in [3.63, 3.8) is 0 Å². The average molecular weight is 182 g/mol. The molecule has 1 N–H and O–H groups in total. The molecule has 2 unspecified atom stereocenters. The van der Waals surface area contributed by atoms with E-state index in [0.717, 1.165) is 24.7 Å². The van der Waals surface area contributed by atoms with E-state index in [9.17, 15) is 4.79 Å². The normalized spacial score (nSPS) is 39.5. The zero-order valence-corrected chi connectivity index (χ0v) is 8.04. The lowest BCUT2D eigenvalue weighted by molar-refractivity contribution is -0.144. The van der Waals surface area contributed by atoms with Crippen LogP contribution >= 0.6 is 0 Å². The van der Waals surface area contributed by atoms with Crippen LogP contribution in [0, 0.1) is 17.8 Å². The van der Waals surface area contributed by atoms with Crippen LogP contribution in [0.3, 0.4) is 0 Å². The first-order valence-corrected chi connectivity index (χ1v) is 5.50. The summed E-state index contributed by atoms with van der Waals surface area (Å²) in [6.07, 6.45) is 8.40. The minimum Gasteiger partial charge on any atom is -0.481 e. The Morgan fingerprint density at radius 2 is 1.69 bits per heavy atom. The van der Waals surface area contributed by atoms with Gasteiger partial charge in [0.2, 0.25) is 0 Å². The molecule has 74 valence electrons. The molecule has 0 aliphatic heterocycles. The lowest BCUT2D eigenvalue weighted by Crippen LogP contribution is -2.31. The molecule has 2 rings (SSSR count). The number of carbonyl (C=O) groups is 1. The standard InChI is InChI=1S/C11H18O2/c12-11(13)10-6-5-8-3-1-2-4-9(8)7-10/h8-10H,1-7H2,(H,12,13)/t8?,9?,10-/m0/s1. The minimum atomic E-state index is -0.566. The molecule has 2 fully saturated rings. The maximum absolute atomic E-state index is 10.8. The Bertz CT molecular complexity index is 200. The Morgan fingerprint density at radius 3 is 2.38 bits per heavy atom. The van der Waals surface area contributed by atoms with Crippen LogP contribution in [0.25, 0.3) is 0 Å². The molecule has 0 aromatic carbocycles. The minimum absolute atomic E-state index is 0.0284. The van der Waals surface area contributed by atoms with Crippen LogP contribution in [0.1, 0.15) is 44.9 Å². The van der Waals surface area contributed by atoms with E-state index in [1.165, 1.54) is 32.1 Å². The first-order chi connectivity index (χ1) is 6.27. The molecular weight excluding hydrogens is 164 g/mol. The average Bonchev–Trinajstić information content (AvgIpc) is 2.17. The van der Waals surface area contributed by atoms with E-state index >= 15 is 0 Å². The Labute approximate surface area is 79.3 Å². The molecule has 2 heteroatoms. The van der Waals surface area contributed by atoms with Crippen molar-refractivity contribution < 1.29 is 9.90 Å². The summed E-state index contributed by atoms with van der Waals surface area (Å²) in [5.41, 5.74) is 0. The molecule has 13 heavy (non-hydrogen) atoms. The number of aliphatic carboxylic acids is 1. The quantitative estimate of drug-likeness (QED) is 0.677. The molecule has 3 atom stereocenters. The summed E-state index contributed by atoms with van der Waals surface area (Å²) in [5, 5.41) is 8.93. The highest BCUT2D eigenvalue weighted by atomic mass is 16.4. The number of carboxylic acid groups (broad SMARTS) is 1. The van der Waals surface area contributed by atoms with Gasteiger partial charge in [-0.1, -0.05) is 25.7 Å². The van der Waals surface area contributed by atoms with Crippen LogP contribution < -0.4 is 0 Å². The van der Waals surface area contributed by atoms with Gasteiger partial charge in [0.1, 0.15) is 0 Å². The van der Waals surface area contributed by atoms with E-state index in [1.807, 2.05) is 0 Å². The van der Waals surface area contributed by atoms with Crippen molar-refractivity contribution in [2.45, 2.75) is 44.9 Å². The Kier molecular flexibility index (Phi) is 2.56. The van der Waals surface area contributed by atoms with Gasteiger partial charge in [-0.05, 0) is 31.1 Å². The van der Waals surface area contributed by atoms with E-state index in [-0.39, 0.29) is 5.92 Å². The third-order valence-electron chi connectivity index (χ3n) is 3.89. The summed E-state index contributed by atoms with van der Waals surface area (Å²) in [5.74, 6) is 1.01. The van der Waals surface area contributed by atoms with E-state index in [0.29, 0.717) is 0 Å². The first-order valence-electron chi connectivity index (χ1n) is 5.50. The van der Waals surface area contributed by atoms with Crippen LogP contribution in [0.5, 0.6) is 0 Å². The highest BCUT2D eigenvalue weighted by Crippen LogP contribution is 2.42. The topological polar surface area (TPSA) is 37.3 Å². The molecule has 0 bridgehead atoms. The largest absolute Gasteiger partial charge is 0.481 e. The fourth-order valence-electron chi connectivity index (χ4n) is 3.10. The molecule has 2 aliphatic carbocycles. The SMILES string of the molecule is O=C(O)[C@H]1CCC2CCCCC2C1. The van der Waals surface area contributed by atoms with Crippen molar-refractivity contribution >= 4 is 5.97 Å². The summed E-state index contributed by atoms with van der Waals surface area (Å²) in [6.45, 7) is 0. The second-order valence-electron chi connectivity index (χ2n) is 4.65. The summed E-state index contributed by atoms with van der Waals surface area (Å²) in [7, 11) is 0. The summed E-state index contributed by atoms with van der Waals surface area (Å²) < 4.78 is 0. The van der Waals surface area contributed by atoms with Crippen LogP contribution in [0.15, 0.2) is 0 Å². The second-order valence-corrected chi connectivity index (χ2v) is 4.65. The molecule has 2 saturated carbocycles. The molecular formula is C11H18O2. The van der Waals surface area contributed by atoms with Gasteiger partial charge in [-0.3, -0.25) is 4.79 Å². The molecule has 0 radical (unpaired) electrons. The van der Waals surface area contributed by atoms with Gasteiger partial charge in [0, 0.05) is 0 Å². The van der Waals surface area contributed by atoms with Crippen molar-refractivity contribution in [1.82, 2.24) is 0 Å². The maximum atomic E-state index is 10.8. The van der Waals surface area contributed by atoms with E-state index < -0.39 is 5.97 Å². The number of hydrogen-bond donors (Lipinski definition) is 1. The van der Waals surface area contributed by atoms with Gasteiger partial charge in [-0.15, -0.1) is 0 Å². The third kappa shape index (κ3) is 1.87. The molecule has 0 saturated heterocycles. The molecule has 0 aromatic heterocycles. The Balaban J connectivity index is 1.95. The van der Waals surface area contributed by atoms with Gasteiger partial charge in [-0.2, -0.15) is 0 Å². The number of rotatable bonds is 1. The third-order valence-corrected chi connectivity index (χ3v) is 3.89. The fourth-order valence-corrected chi connectivity index (χ4v) is 3.10. The van der Waals surface area contributed by atoms with Crippen molar-refractivity contribution in [3.8, 4) is 0 Å². The van der Waals surface area contributed by atoms with Crippen LogP contribution in [0.2, 0.25) is 0 Å². The lowest BCUT2D eigenvalue weighted by atomic mass is 9.67. The smallest absolute Gasteiger partial charge is 0.306 e. The summed E-state index contributed by atoms with van der Waals surface area (Å²) in [4.78, 5) is 10.8. The maximum Gasteiger partial charge on any atom is 0.306 e. The van der Waals surface area contributed by atoms with Crippen LogP contribution in [-0.2, 0) is 4.79 Å². The van der Waals surface area contributed by atoms with E-state index in [4.69, 9.17) is 5.11 Å². The zero-order chi connectivity index (χ0) is 9.26. The predicted molar refractivity (Wildman–Crippen MR) is 50.4 cm³/mol. The molecule has 0 amide bonds. The van der Waals surface area contributed by atoms with Crippen molar-refractivity contribution in [2.75, 3.05) is 0 Å². The molecule has 0 heterocycles. The Hall–Kier alpha value is -0.530. The summed E-state index contributed by atoms with van der Waals surface area (Å²) in [6, 6.07) is 0. The van der Waals surface area contributed by atoms with E-state index in [2.05, 4.69) is 0 Å². The highest BCUT2D eigenvalue weighted by molar-refractivity contribution is 5.70. The molecule has 2 nitrogen and oxygen atoms in total. The fraction of sp³-hybridized carbons (Fsp3) is 0.909.